The Morgan fingerprint density at radius 2 is 1.74 bits per heavy atom. The fraction of sp³-hybridized carbons (Fsp3) is 0.667. The number of likely N-dealkylation sites (N-methyl/N-ethyl adjacent to an activating group) is 1. The van der Waals surface area contributed by atoms with E-state index in [1.54, 1.807) is 4.90 Å². The van der Waals surface area contributed by atoms with Crippen molar-refractivity contribution in [3.05, 3.63) is 29.3 Å². The van der Waals surface area contributed by atoms with Crippen molar-refractivity contribution in [3.63, 3.8) is 0 Å². The summed E-state index contributed by atoms with van der Waals surface area (Å²) in [6.07, 6.45) is 6.11. The fourth-order valence-corrected chi connectivity index (χ4v) is 5.05. The number of ether oxygens (including phenoxy) is 1. The second kappa shape index (κ2) is 11.1. The number of amides is 2. The summed E-state index contributed by atoms with van der Waals surface area (Å²) in [5, 5.41) is 6.19. The van der Waals surface area contributed by atoms with Gasteiger partial charge in [-0.25, -0.2) is 0 Å². The third kappa shape index (κ3) is 6.51. The second-order valence-corrected chi connectivity index (χ2v) is 9.44. The maximum absolute atomic E-state index is 12.7. The Labute approximate surface area is 186 Å². The summed E-state index contributed by atoms with van der Waals surface area (Å²) in [4.78, 5) is 27.6. The lowest BCUT2D eigenvalue weighted by atomic mass is 9.79. The maximum atomic E-state index is 12.7. The summed E-state index contributed by atoms with van der Waals surface area (Å²) in [6.45, 7) is 9.01. The minimum absolute atomic E-state index is 0.0228. The number of quaternary nitrogens is 2. The van der Waals surface area contributed by atoms with E-state index < -0.39 is 0 Å². The van der Waals surface area contributed by atoms with Crippen LogP contribution in [0.25, 0.3) is 0 Å². The maximum Gasteiger partial charge on any atom is 0.279 e. The van der Waals surface area contributed by atoms with Crippen molar-refractivity contribution in [1.82, 2.24) is 5.32 Å². The topological polar surface area (TPSA) is 76.3 Å². The van der Waals surface area contributed by atoms with Crippen LogP contribution in [0.15, 0.2) is 18.2 Å². The van der Waals surface area contributed by atoms with Crippen LogP contribution in [0.3, 0.4) is 0 Å². The molecule has 1 saturated heterocycles. The van der Waals surface area contributed by atoms with Crippen molar-refractivity contribution >= 4 is 17.5 Å². The summed E-state index contributed by atoms with van der Waals surface area (Å²) < 4.78 is 5.56. The molecule has 2 amide bonds. The Bertz CT molecular complexity index is 755. The molecule has 0 aromatic heterocycles. The van der Waals surface area contributed by atoms with E-state index in [1.165, 1.54) is 32.1 Å². The van der Waals surface area contributed by atoms with Crippen molar-refractivity contribution in [1.29, 1.82) is 0 Å². The summed E-state index contributed by atoms with van der Waals surface area (Å²) in [6, 6.07) is 5.89. The van der Waals surface area contributed by atoms with Gasteiger partial charge < -0.3 is 25.2 Å². The van der Waals surface area contributed by atoms with Crippen LogP contribution in [-0.2, 0) is 14.3 Å². The van der Waals surface area contributed by atoms with E-state index >= 15 is 0 Å². The molecule has 1 saturated carbocycles. The first-order valence-corrected chi connectivity index (χ1v) is 11.8. The van der Waals surface area contributed by atoms with E-state index in [1.807, 2.05) is 39.1 Å². The first-order valence-electron chi connectivity index (χ1n) is 11.8. The SMILES string of the molecule is Cc1cccc(NC(=O)C[NH+](C)CC(=O)NCC2([NH+]3CCOCC3)CCCCC2)c1C. The Hall–Kier alpha value is -1.96. The van der Waals surface area contributed by atoms with Crippen LogP contribution in [-0.4, -0.2) is 70.3 Å². The molecule has 1 aliphatic carbocycles. The van der Waals surface area contributed by atoms with E-state index in [0.717, 1.165) is 54.6 Å². The van der Waals surface area contributed by atoms with Gasteiger partial charge in [0.15, 0.2) is 13.1 Å². The predicted octanol–water partition coefficient (Wildman–Crippen LogP) is -0.509. The van der Waals surface area contributed by atoms with Gasteiger partial charge in [-0.3, -0.25) is 9.59 Å². The van der Waals surface area contributed by atoms with Gasteiger partial charge >= 0.3 is 0 Å². The van der Waals surface area contributed by atoms with Gasteiger partial charge in [-0.15, -0.1) is 0 Å². The smallest absolute Gasteiger partial charge is 0.279 e. The van der Waals surface area contributed by atoms with Crippen molar-refractivity contribution in [2.45, 2.75) is 51.5 Å². The van der Waals surface area contributed by atoms with E-state index in [0.29, 0.717) is 6.54 Å². The molecule has 0 bridgehead atoms. The van der Waals surface area contributed by atoms with Gasteiger partial charge in [-0.1, -0.05) is 18.6 Å². The number of aryl methyl sites for hydroxylation is 1. The number of rotatable bonds is 8. The highest BCUT2D eigenvalue weighted by molar-refractivity contribution is 5.92. The van der Waals surface area contributed by atoms with E-state index in [2.05, 4.69) is 10.6 Å². The molecule has 0 radical (unpaired) electrons. The Balaban J connectivity index is 1.47. The fourth-order valence-electron chi connectivity index (χ4n) is 5.05. The molecule has 2 fully saturated rings. The van der Waals surface area contributed by atoms with Crippen LogP contribution >= 0.6 is 0 Å². The molecule has 1 aromatic rings. The predicted molar refractivity (Wildman–Crippen MR) is 122 cm³/mol. The number of hydrogen-bond acceptors (Lipinski definition) is 3. The van der Waals surface area contributed by atoms with Crippen LogP contribution in [0.4, 0.5) is 5.69 Å². The monoisotopic (exact) mass is 432 g/mol. The minimum atomic E-state index is -0.0690. The Morgan fingerprint density at radius 1 is 1.06 bits per heavy atom. The highest BCUT2D eigenvalue weighted by Gasteiger charge is 2.42. The molecule has 0 spiro atoms. The highest BCUT2D eigenvalue weighted by Crippen LogP contribution is 2.25. The number of morpholine rings is 1. The summed E-state index contributed by atoms with van der Waals surface area (Å²) in [5.41, 5.74) is 3.22. The second-order valence-electron chi connectivity index (χ2n) is 9.44. The number of anilines is 1. The lowest BCUT2D eigenvalue weighted by molar-refractivity contribution is -0.960. The third-order valence-corrected chi connectivity index (χ3v) is 7.08. The molecule has 31 heavy (non-hydrogen) atoms. The molecular formula is C24H40N4O3+2. The average molecular weight is 433 g/mol. The van der Waals surface area contributed by atoms with Gasteiger partial charge in [0.25, 0.3) is 11.8 Å². The summed E-state index contributed by atoms with van der Waals surface area (Å²) in [5.74, 6) is -0.0462. The molecule has 3 rings (SSSR count). The van der Waals surface area contributed by atoms with Crippen LogP contribution in [0.1, 0.15) is 43.2 Å². The largest absolute Gasteiger partial charge is 0.370 e. The third-order valence-electron chi connectivity index (χ3n) is 7.08. The van der Waals surface area contributed by atoms with Crippen molar-refractivity contribution in [2.75, 3.05) is 58.3 Å². The summed E-state index contributed by atoms with van der Waals surface area (Å²) in [7, 11) is 1.89. The van der Waals surface area contributed by atoms with E-state index in [4.69, 9.17) is 4.74 Å². The van der Waals surface area contributed by atoms with E-state index in [9.17, 15) is 9.59 Å². The minimum Gasteiger partial charge on any atom is -0.370 e. The number of benzene rings is 1. The normalized spacial score (nSPS) is 20.1. The summed E-state index contributed by atoms with van der Waals surface area (Å²) >= 11 is 0. The molecule has 4 N–H and O–H groups in total. The quantitative estimate of drug-likeness (QED) is 0.447. The molecule has 7 heteroatoms. The van der Waals surface area contributed by atoms with Gasteiger partial charge in [0, 0.05) is 18.5 Å². The molecule has 172 valence electrons. The van der Waals surface area contributed by atoms with Crippen LogP contribution in [0, 0.1) is 13.8 Å². The highest BCUT2D eigenvalue weighted by atomic mass is 16.5. The number of carbonyl (C=O) groups is 2. The Kier molecular flexibility index (Phi) is 8.46. The van der Waals surface area contributed by atoms with Gasteiger partial charge in [-0.2, -0.15) is 0 Å². The molecule has 1 heterocycles. The average Bonchev–Trinajstić information content (AvgIpc) is 2.76. The Morgan fingerprint density at radius 3 is 2.45 bits per heavy atom. The lowest BCUT2D eigenvalue weighted by Crippen LogP contribution is -3.23. The lowest BCUT2D eigenvalue weighted by Gasteiger charge is -2.45. The van der Waals surface area contributed by atoms with Crippen LogP contribution in [0.2, 0.25) is 0 Å². The first-order chi connectivity index (χ1) is 14.9. The van der Waals surface area contributed by atoms with Gasteiger partial charge in [0.05, 0.1) is 26.8 Å². The standard InChI is InChI=1S/C24H38N4O3/c1-19-8-7-9-21(20(19)2)26-23(30)17-27(3)16-22(29)25-18-24(10-5-4-6-11-24)28-12-14-31-15-13-28/h7-9H,4-6,10-18H2,1-3H3,(H,25,29)(H,26,30)/p+2. The zero-order valence-corrected chi connectivity index (χ0v) is 19.4. The zero-order valence-electron chi connectivity index (χ0n) is 19.4. The molecule has 1 unspecified atom stereocenters. The van der Waals surface area contributed by atoms with Crippen molar-refractivity contribution in [3.8, 4) is 0 Å². The molecule has 1 aromatic carbocycles. The zero-order chi connectivity index (χ0) is 22.3. The van der Waals surface area contributed by atoms with Gasteiger partial charge in [0.1, 0.15) is 18.6 Å². The first kappa shape index (κ1) is 23.7. The number of carbonyl (C=O) groups excluding carboxylic acids is 2. The van der Waals surface area contributed by atoms with Crippen LogP contribution in [0.5, 0.6) is 0 Å². The van der Waals surface area contributed by atoms with Crippen molar-refractivity contribution in [2.24, 2.45) is 0 Å². The molecule has 7 nitrogen and oxygen atoms in total. The number of nitrogens with one attached hydrogen (secondary N) is 4. The van der Waals surface area contributed by atoms with Crippen LogP contribution < -0.4 is 20.4 Å². The van der Waals surface area contributed by atoms with Crippen molar-refractivity contribution < 1.29 is 24.1 Å². The number of hydrogen-bond donors (Lipinski definition) is 4. The van der Waals surface area contributed by atoms with Gasteiger partial charge in [-0.05, 0) is 43.9 Å². The molecule has 1 atom stereocenters. The molecular weight excluding hydrogens is 392 g/mol. The molecule has 2 aliphatic rings. The van der Waals surface area contributed by atoms with Gasteiger partial charge in [0.2, 0.25) is 0 Å². The van der Waals surface area contributed by atoms with E-state index in [-0.39, 0.29) is 23.9 Å². The molecule has 1 aliphatic heterocycles.